The Morgan fingerprint density at radius 1 is 1.20 bits per heavy atom. The number of nitrogens with two attached hydrogens (primary N) is 1. The number of hydrogen-bond acceptors (Lipinski definition) is 4. The van der Waals surface area contributed by atoms with Crippen LogP contribution in [0.5, 0.6) is 0 Å². The topological polar surface area (TPSA) is 102 Å². The van der Waals surface area contributed by atoms with Crippen molar-refractivity contribution in [1.82, 2.24) is 4.98 Å². The van der Waals surface area contributed by atoms with Gasteiger partial charge in [-0.25, -0.2) is 13.4 Å². The number of rotatable bonds is 4. The van der Waals surface area contributed by atoms with E-state index in [1.165, 1.54) is 30.5 Å². The molecule has 0 bridgehead atoms. The molecule has 7 heteroatoms. The maximum Gasteiger partial charge on any atom is 0.263 e. The molecule has 3 N–H and O–H groups in total. The van der Waals surface area contributed by atoms with E-state index in [0.29, 0.717) is 0 Å². The highest BCUT2D eigenvalue weighted by Gasteiger charge is 2.18. The van der Waals surface area contributed by atoms with Crippen LogP contribution in [0.15, 0.2) is 47.5 Å². The fourth-order valence-corrected chi connectivity index (χ4v) is 2.62. The van der Waals surface area contributed by atoms with Crippen LogP contribution in [0.4, 0.5) is 5.82 Å². The highest BCUT2D eigenvalue weighted by Crippen LogP contribution is 2.17. The van der Waals surface area contributed by atoms with Crippen LogP contribution in [0.2, 0.25) is 0 Å². The smallest absolute Gasteiger partial charge is 0.263 e. The summed E-state index contributed by atoms with van der Waals surface area (Å²) in [6.07, 6.45) is 1.37. The molecular weight excluding hydrogens is 278 g/mol. The van der Waals surface area contributed by atoms with Gasteiger partial charge in [0.1, 0.15) is 0 Å². The lowest BCUT2D eigenvalue weighted by molar-refractivity contribution is 0.100. The molecule has 104 valence electrons. The number of hydrogen-bond donors (Lipinski definition) is 2. The lowest BCUT2D eigenvalue weighted by atomic mass is 10.2. The third kappa shape index (κ3) is 2.94. The molecule has 1 aromatic heterocycles. The Morgan fingerprint density at radius 3 is 2.45 bits per heavy atom. The van der Waals surface area contributed by atoms with Gasteiger partial charge in [0, 0.05) is 6.20 Å². The molecule has 20 heavy (non-hydrogen) atoms. The molecule has 0 saturated heterocycles. The molecule has 2 rings (SSSR count). The molecule has 0 aliphatic carbocycles. The zero-order valence-electron chi connectivity index (χ0n) is 10.7. The van der Waals surface area contributed by atoms with E-state index in [-0.39, 0.29) is 16.3 Å². The molecule has 1 aromatic carbocycles. The summed E-state index contributed by atoms with van der Waals surface area (Å²) in [5.74, 6) is -0.833. The summed E-state index contributed by atoms with van der Waals surface area (Å²) in [5.41, 5.74) is 6.14. The summed E-state index contributed by atoms with van der Waals surface area (Å²) in [6, 6.07) is 9.23. The van der Waals surface area contributed by atoms with Crippen molar-refractivity contribution in [3.05, 3.63) is 53.7 Å². The Balaban J connectivity index is 2.38. The van der Waals surface area contributed by atoms with Crippen LogP contribution in [0.25, 0.3) is 0 Å². The molecule has 6 nitrogen and oxygen atoms in total. The minimum atomic E-state index is -3.81. The second kappa shape index (κ2) is 5.30. The number of pyridine rings is 1. The Morgan fingerprint density at radius 2 is 1.85 bits per heavy atom. The van der Waals surface area contributed by atoms with Crippen LogP contribution < -0.4 is 10.5 Å². The van der Waals surface area contributed by atoms with E-state index in [9.17, 15) is 13.2 Å². The lowest BCUT2D eigenvalue weighted by Gasteiger charge is -2.09. The summed E-state index contributed by atoms with van der Waals surface area (Å²) >= 11 is 0. The maximum absolute atomic E-state index is 12.2. The summed E-state index contributed by atoms with van der Waals surface area (Å²) in [7, 11) is -3.81. The second-order valence-corrected chi connectivity index (χ2v) is 5.86. The number of amides is 1. The van der Waals surface area contributed by atoms with Crippen LogP contribution in [0.3, 0.4) is 0 Å². The minimum Gasteiger partial charge on any atom is -0.365 e. The first-order chi connectivity index (χ1) is 9.40. The van der Waals surface area contributed by atoms with Gasteiger partial charge in [-0.3, -0.25) is 9.52 Å². The first kappa shape index (κ1) is 14.0. The normalized spacial score (nSPS) is 11.1. The van der Waals surface area contributed by atoms with Crippen molar-refractivity contribution in [3.63, 3.8) is 0 Å². The van der Waals surface area contributed by atoms with Crippen LogP contribution >= 0.6 is 0 Å². The minimum absolute atomic E-state index is 0.0168. The zero-order valence-corrected chi connectivity index (χ0v) is 11.5. The number of carbonyl (C=O) groups is 1. The van der Waals surface area contributed by atoms with Gasteiger partial charge in [0.15, 0.2) is 5.82 Å². The summed E-state index contributed by atoms with van der Waals surface area (Å²) in [5, 5.41) is 0. The Hall–Kier alpha value is -2.41. The van der Waals surface area contributed by atoms with Gasteiger partial charge in [-0.05, 0) is 31.2 Å². The molecule has 0 fully saturated rings. The molecule has 0 saturated carbocycles. The number of sulfonamides is 1. The number of aromatic nitrogens is 1. The highest BCUT2D eigenvalue weighted by atomic mass is 32.2. The van der Waals surface area contributed by atoms with Crippen LogP contribution in [0, 0.1) is 6.92 Å². The molecule has 0 atom stereocenters. The molecule has 1 heterocycles. The van der Waals surface area contributed by atoms with Crippen molar-refractivity contribution in [1.29, 1.82) is 0 Å². The van der Waals surface area contributed by atoms with E-state index in [4.69, 9.17) is 5.73 Å². The quantitative estimate of drug-likeness (QED) is 0.886. The number of primary amides is 1. The third-order valence-electron chi connectivity index (χ3n) is 2.64. The highest BCUT2D eigenvalue weighted by molar-refractivity contribution is 7.92. The number of nitrogens with one attached hydrogen (secondary N) is 1. The monoisotopic (exact) mass is 291 g/mol. The number of nitrogens with zero attached hydrogens (tertiary/aromatic N) is 1. The average Bonchev–Trinajstić information content (AvgIpc) is 2.39. The Labute approximate surface area is 116 Å². The van der Waals surface area contributed by atoms with E-state index in [1.54, 1.807) is 12.1 Å². The van der Waals surface area contributed by atoms with Crippen molar-refractivity contribution < 1.29 is 13.2 Å². The van der Waals surface area contributed by atoms with Crippen molar-refractivity contribution in [3.8, 4) is 0 Å². The van der Waals surface area contributed by atoms with Gasteiger partial charge in [-0.15, -0.1) is 0 Å². The van der Waals surface area contributed by atoms with E-state index in [2.05, 4.69) is 9.71 Å². The van der Waals surface area contributed by atoms with Gasteiger partial charge in [-0.1, -0.05) is 17.7 Å². The van der Waals surface area contributed by atoms with Gasteiger partial charge >= 0.3 is 0 Å². The number of carbonyl (C=O) groups excluding carboxylic acids is 1. The van der Waals surface area contributed by atoms with Crippen molar-refractivity contribution in [2.24, 2.45) is 5.73 Å². The molecule has 0 unspecified atom stereocenters. The molecule has 0 radical (unpaired) electrons. The van der Waals surface area contributed by atoms with Gasteiger partial charge in [0.2, 0.25) is 0 Å². The molecule has 0 aliphatic rings. The standard InChI is InChI=1S/C13H13N3O3S/c1-9-4-6-10(7-5-9)20(18,19)16-13-11(12(14)17)3-2-8-15-13/h2-8H,1H3,(H2,14,17)(H,15,16). The van der Waals surface area contributed by atoms with Crippen LogP contribution in [-0.2, 0) is 10.0 Å². The lowest BCUT2D eigenvalue weighted by Crippen LogP contribution is -2.19. The Kier molecular flexibility index (Phi) is 3.71. The van der Waals surface area contributed by atoms with Gasteiger partial charge in [0.25, 0.3) is 15.9 Å². The van der Waals surface area contributed by atoms with Crippen molar-refractivity contribution in [2.45, 2.75) is 11.8 Å². The number of benzene rings is 1. The fraction of sp³-hybridized carbons (Fsp3) is 0.0769. The predicted octanol–water partition coefficient (Wildman–Crippen LogP) is 1.29. The summed E-state index contributed by atoms with van der Waals surface area (Å²) in [4.78, 5) is 15.2. The van der Waals surface area contributed by atoms with Crippen molar-refractivity contribution >= 4 is 21.7 Å². The van der Waals surface area contributed by atoms with E-state index in [1.807, 2.05) is 6.92 Å². The summed E-state index contributed by atoms with van der Waals surface area (Å²) in [6.45, 7) is 1.85. The van der Waals surface area contributed by atoms with Gasteiger partial charge in [-0.2, -0.15) is 0 Å². The SMILES string of the molecule is Cc1ccc(S(=O)(=O)Nc2ncccc2C(N)=O)cc1. The fourth-order valence-electron chi connectivity index (χ4n) is 1.59. The molecule has 0 spiro atoms. The van der Waals surface area contributed by atoms with Crippen LogP contribution in [-0.4, -0.2) is 19.3 Å². The number of anilines is 1. The first-order valence-corrected chi connectivity index (χ1v) is 7.23. The van der Waals surface area contributed by atoms with Gasteiger partial charge in [0.05, 0.1) is 10.5 Å². The summed E-state index contributed by atoms with van der Waals surface area (Å²) < 4.78 is 26.6. The van der Waals surface area contributed by atoms with E-state index in [0.717, 1.165) is 5.56 Å². The Bertz CT molecular complexity index is 740. The van der Waals surface area contributed by atoms with Crippen LogP contribution in [0.1, 0.15) is 15.9 Å². The van der Waals surface area contributed by atoms with Gasteiger partial charge < -0.3 is 5.73 Å². The van der Waals surface area contributed by atoms with E-state index < -0.39 is 15.9 Å². The molecular formula is C13H13N3O3S. The molecule has 0 aliphatic heterocycles. The number of aryl methyl sites for hydroxylation is 1. The van der Waals surface area contributed by atoms with E-state index >= 15 is 0 Å². The van der Waals surface area contributed by atoms with Crippen molar-refractivity contribution in [2.75, 3.05) is 4.72 Å². The molecule has 2 aromatic rings. The third-order valence-corrected chi connectivity index (χ3v) is 3.99. The first-order valence-electron chi connectivity index (χ1n) is 5.74. The average molecular weight is 291 g/mol. The largest absolute Gasteiger partial charge is 0.365 e. The predicted molar refractivity (Wildman–Crippen MR) is 74.7 cm³/mol. The molecule has 1 amide bonds. The zero-order chi connectivity index (χ0) is 14.8. The second-order valence-electron chi connectivity index (χ2n) is 4.18. The maximum atomic E-state index is 12.2.